The molecule has 0 spiro atoms. The second-order valence-corrected chi connectivity index (χ2v) is 7.91. The maximum atomic E-state index is 12.9. The van der Waals surface area contributed by atoms with Gasteiger partial charge in [0.2, 0.25) is 5.91 Å². The van der Waals surface area contributed by atoms with Crippen LogP contribution in [0, 0.1) is 0 Å². The van der Waals surface area contributed by atoms with E-state index >= 15 is 0 Å². The maximum Gasteiger partial charge on any atom is 0.247 e. The summed E-state index contributed by atoms with van der Waals surface area (Å²) in [7, 11) is 0. The number of furan rings is 1. The summed E-state index contributed by atoms with van der Waals surface area (Å²) in [6, 6.07) is 9.22. The summed E-state index contributed by atoms with van der Waals surface area (Å²) < 4.78 is 5.04. The number of rotatable bonds is 3. The van der Waals surface area contributed by atoms with Crippen molar-refractivity contribution >= 4 is 46.5 Å². The normalized spacial score (nSPS) is 16.8. The average Bonchev–Trinajstić information content (AvgIpc) is 3.29. The van der Waals surface area contributed by atoms with E-state index in [1.54, 1.807) is 42.1 Å². The monoisotopic (exact) mass is 403 g/mol. The van der Waals surface area contributed by atoms with Crippen molar-refractivity contribution in [3.05, 3.63) is 85.9 Å². The van der Waals surface area contributed by atoms with Crippen LogP contribution in [-0.2, 0) is 11.2 Å². The highest BCUT2D eigenvalue weighted by molar-refractivity contribution is 7.10. The smallest absolute Gasteiger partial charge is 0.247 e. The molecule has 26 heavy (non-hydrogen) atoms. The third kappa shape index (κ3) is 3.45. The lowest BCUT2D eigenvalue weighted by atomic mass is 9.95. The Kier molecular flexibility index (Phi) is 4.90. The van der Waals surface area contributed by atoms with Gasteiger partial charge in [-0.15, -0.1) is 11.3 Å². The highest BCUT2D eigenvalue weighted by atomic mass is 35.5. The Morgan fingerprint density at radius 2 is 2.04 bits per heavy atom. The van der Waals surface area contributed by atoms with Crippen molar-refractivity contribution in [1.29, 1.82) is 0 Å². The molecule has 1 aliphatic rings. The Morgan fingerprint density at radius 3 is 2.77 bits per heavy atom. The number of fused-ring (bicyclic) bond motifs is 1. The Morgan fingerprint density at radius 1 is 1.23 bits per heavy atom. The zero-order valence-electron chi connectivity index (χ0n) is 13.7. The molecule has 3 heterocycles. The molecule has 1 aliphatic heterocycles. The van der Waals surface area contributed by atoms with Gasteiger partial charge in [0.05, 0.1) is 18.6 Å². The number of amides is 1. The molecular weight excluding hydrogens is 389 g/mol. The van der Waals surface area contributed by atoms with E-state index in [2.05, 4.69) is 11.4 Å². The third-order valence-electron chi connectivity index (χ3n) is 4.41. The van der Waals surface area contributed by atoms with Crippen LogP contribution in [0.1, 0.15) is 27.6 Å². The third-order valence-corrected chi connectivity index (χ3v) is 5.86. The molecule has 0 saturated heterocycles. The van der Waals surface area contributed by atoms with Crippen molar-refractivity contribution in [2.75, 3.05) is 6.54 Å². The van der Waals surface area contributed by atoms with Crippen molar-refractivity contribution in [1.82, 2.24) is 4.90 Å². The van der Waals surface area contributed by atoms with Crippen LogP contribution >= 0.6 is 34.5 Å². The lowest BCUT2D eigenvalue weighted by Crippen LogP contribution is -2.39. The molecule has 0 aliphatic carbocycles. The second-order valence-electron chi connectivity index (χ2n) is 6.09. The minimum atomic E-state index is -0.184. The summed E-state index contributed by atoms with van der Waals surface area (Å²) in [5, 5.41) is 3.20. The summed E-state index contributed by atoms with van der Waals surface area (Å²) >= 11 is 14.1. The lowest BCUT2D eigenvalue weighted by molar-refractivity contribution is -0.127. The Balaban J connectivity index is 1.72. The molecule has 4 rings (SSSR count). The summed E-state index contributed by atoms with van der Waals surface area (Å²) in [5.41, 5.74) is 3.06. The van der Waals surface area contributed by atoms with E-state index in [4.69, 9.17) is 27.6 Å². The number of halogens is 2. The number of hydrogen-bond acceptors (Lipinski definition) is 3. The van der Waals surface area contributed by atoms with Gasteiger partial charge in [0.25, 0.3) is 0 Å². The van der Waals surface area contributed by atoms with Gasteiger partial charge in [-0.2, -0.15) is 0 Å². The molecule has 1 unspecified atom stereocenters. The zero-order valence-corrected chi connectivity index (χ0v) is 16.0. The van der Waals surface area contributed by atoms with Gasteiger partial charge in [0.15, 0.2) is 0 Å². The molecule has 1 atom stereocenters. The summed E-state index contributed by atoms with van der Waals surface area (Å²) in [4.78, 5) is 16.0. The lowest BCUT2D eigenvalue weighted by Gasteiger charge is -2.35. The molecule has 0 bridgehead atoms. The van der Waals surface area contributed by atoms with Gasteiger partial charge in [-0.25, -0.2) is 0 Å². The Hall–Kier alpha value is -2.01. The fraction of sp³-hybridized carbons (Fsp3) is 0.150. The minimum absolute atomic E-state index is 0.0497. The van der Waals surface area contributed by atoms with Gasteiger partial charge in [-0.3, -0.25) is 4.79 Å². The van der Waals surface area contributed by atoms with Crippen LogP contribution in [0.15, 0.2) is 58.7 Å². The van der Waals surface area contributed by atoms with Crippen LogP contribution in [-0.4, -0.2) is 17.4 Å². The number of thiophene rings is 1. The van der Waals surface area contributed by atoms with Gasteiger partial charge in [-0.05, 0) is 59.3 Å². The van der Waals surface area contributed by atoms with Gasteiger partial charge in [-0.1, -0.05) is 23.2 Å². The number of carbonyl (C=O) groups is 1. The highest BCUT2D eigenvalue weighted by Crippen LogP contribution is 2.40. The van der Waals surface area contributed by atoms with Crippen molar-refractivity contribution in [3.8, 4) is 0 Å². The maximum absolute atomic E-state index is 12.9. The van der Waals surface area contributed by atoms with Crippen LogP contribution in [0.4, 0.5) is 0 Å². The molecule has 0 saturated carbocycles. The van der Waals surface area contributed by atoms with E-state index in [1.807, 2.05) is 23.1 Å². The molecule has 3 nitrogen and oxygen atoms in total. The largest absolute Gasteiger partial charge is 0.472 e. The van der Waals surface area contributed by atoms with Crippen LogP contribution in [0.5, 0.6) is 0 Å². The number of benzene rings is 1. The molecule has 0 N–H and O–H groups in total. The average molecular weight is 404 g/mol. The predicted octanol–water partition coefficient (Wildman–Crippen LogP) is 5.84. The molecule has 0 radical (unpaired) electrons. The van der Waals surface area contributed by atoms with Crippen LogP contribution < -0.4 is 0 Å². The molecule has 3 aromatic rings. The molecule has 132 valence electrons. The molecule has 1 amide bonds. The fourth-order valence-corrected chi connectivity index (χ4v) is 4.88. The zero-order chi connectivity index (χ0) is 18.1. The first-order valence-corrected chi connectivity index (χ1v) is 9.78. The van der Waals surface area contributed by atoms with E-state index in [-0.39, 0.29) is 11.9 Å². The Labute approximate surface area is 165 Å². The quantitative estimate of drug-likeness (QED) is 0.514. The second kappa shape index (κ2) is 7.31. The van der Waals surface area contributed by atoms with Crippen molar-refractivity contribution < 1.29 is 9.21 Å². The van der Waals surface area contributed by atoms with Crippen LogP contribution in [0.3, 0.4) is 0 Å². The van der Waals surface area contributed by atoms with E-state index in [0.717, 1.165) is 17.5 Å². The molecular formula is C20H15Cl2NO2S. The summed E-state index contributed by atoms with van der Waals surface area (Å²) in [5.74, 6) is -0.0497. The van der Waals surface area contributed by atoms with E-state index in [1.165, 1.54) is 10.4 Å². The molecule has 6 heteroatoms. The van der Waals surface area contributed by atoms with Gasteiger partial charge in [0, 0.05) is 33.1 Å². The Bertz CT molecular complexity index is 942. The molecule has 0 fully saturated rings. The first kappa shape index (κ1) is 17.4. The first-order valence-electron chi connectivity index (χ1n) is 8.15. The van der Waals surface area contributed by atoms with Crippen molar-refractivity contribution in [2.24, 2.45) is 0 Å². The standard InChI is InChI=1S/C20H15Cl2NO2S/c21-16-9-15(10-17(22)11-16)19-20-14(5-8-26-20)3-6-23(19)18(24)2-1-13-4-7-25-12-13/h1-2,4-5,7-12,19H,3,6H2. The molecule has 2 aromatic heterocycles. The van der Waals surface area contributed by atoms with Crippen molar-refractivity contribution in [3.63, 3.8) is 0 Å². The topological polar surface area (TPSA) is 33.5 Å². The van der Waals surface area contributed by atoms with E-state index in [0.29, 0.717) is 16.6 Å². The van der Waals surface area contributed by atoms with Gasteiger partial charge >= 0.3 is 0 Å². The highest BCUT2D eigenvalue weighted by Gasteiger charge is 2.32. The SMILES string of the molecule is O=C(C=Cc1ccoc1)N1CCc2ccsc2C1c1cc(Cl)cc(Cl)c1. The number of carbonyl (C=O) groups excluding carboxylic acids is 1. The van der Waals surface area contributed by atoms with Crippen molar-refractivity contribution in [2.45, 2.75) is 12.5 Å². The van der Waals surface area contributed by atoms with Gasteiger partial charge < -0.3 is 9.32 Å². The fourth-order valence-electron chi connectivity index (χ4n) is 3.24. The van der Waals surface area contributed by atoms with Gasteiger partial charge in [0.1, 0.15) is 0 Å². The van der Waals surface area contributed by atoms with E-state index in [9.17, 15) is 4.79 Å². The summed E-state index contributed by atoms with van der Waals surface area (Å²) in [6.45, 7) is 0.646. The minimum Gasteiger partial charge on any atom is -0.472 e. The number of hydrogen-bond donors (Lipinski definition) is 0. The number of nitrogens with zero attached hydrogens (tertiary/aromatic N) is 1. The van der Waals surface area contributed by atoms with Crippen LogP contribution in [0.25, 0.3) is 6.08 Å². The predicted molar refractivity (Wildman–Crippen MR) is 106 cm³/mol. The first-order chi connectivity index (χ1) is 12.6. The molecule has 1 aromatic carbocycles. The van der Waals surface area contributed by atoms with Crippen LogP contribution in [0.2, 0.25) is 10.0 Å². The summed E-state index contributed by atoms with van der Waals surface area (Å²) in [6.07, 6.45) is 7.38. The van der Waals surface area contributed by atoms with E-state index < -0.39 is 0 Å².